The number of imide groups is 1. The summed E-state index contributed by atoms with van der Waals surface area (Å²) in [5, 5.41) is 2.35. The number of hydrogen-bond donors (Lipinski definition) is 1. The Labute approximate surface area is 198 Å². The number of amides is 2. The minimum absolute atomic E-state index is 0.206. The van der Waals surface area contributed by atoms with E-state index in [4.69, 9.17) is 4.74 Å². The zero-order valence-corrected chi connectivity index (χ0v) is 19.6. The molecule has 34 heavy (non-hydrogen) atoms. The monoisotopic (exact) mass is 468 g/mol. The number of imidazole rings is 1. The zero-order chi connectivity index (χ0) is 23.8. The van der Waals surface area contributed by atoms with Crippen LogP contribution in [-0.2, 0) is 26.2 Å². The van der Waals surface area contributed by atoms with E-state index in [1.54, 1.807) is 11.6 Å². The second kappa shape index (κ2) is 9.37. The molecule has 9 heteroatoms. The van der Waals surface area contributed by atoms with Crippen molar-refractivity contribution in [3.63, 3.8) is 0 Å². The molecule has 2 aromatic rings. The number of benzene rings is 1. The average molecular weight is 469 g/mol. The van der Waals surface area contributed by atoms with Crippen LogP contribution in [-0.4, -0.2) is 52.5 Å². The van der Waals surface area contributed by atoms with Crippen molar-refractivity contribution < 1.29 is 19.1 Å². The molecule has 9 nitrogen and oxygen atoms in total. The van der Waals surface area contributed by atoms with Crippen molar-refractivity contribution in [1.82, 2.24) is 14.5 Å². The molecule has 1 atom stereocenters. The van der Waals surface area contributed by atoms with Gasteiger partial charge in [-0.3, -0.25) is 24.0 Å². The molecule has 3 aliphatic rings. The minimum Gasteiger partial charge on any atom is -0.375 e. The van der Waals surface area contributed by atoms with Gasteiger partial charge in [0.05, 0.1) is 23.2 Å². The summed E-state index contributed by atoms with van der Waals surface area (Å²) in [6.45, 7) is 1.75. The summed E-state index contributed by atoms with van der Waals surface area (Å²) in [5.74, 6) is -0.507. The third-order valence-electron chi connectivity index (χ3n) is 7.70. The average Bonchev–Trinajstić information content (AvgIpc) is 3.10. The van der Waals surface area contributed by atoms with Gasteiger partial charge in [0.2, 0.25) is 11.8 Å². The first-order valence-corrected chi connectivity index (χ1v) is 12.3. The topological polar surface area (TPSA) is 103 Å². The first kappa shape index (κ1) is 22.8. The van der Waals surface area contributed by atoms with Crippen molar-refractivity contribution in [2.75, 3.05) is 18.0 Å². The molecular weight excluding hydrogens is 436 g/mol. The van der Waals surface area contributed by atoms with Crippen LogP contribution in [0.4, 0.5) is 5.69 Å². The van der Waals surface area contributed by atoms with E-state index in [2.05, 4.69) is 10.2 Å². The Hall–Kier alpha value is -2.94. The summed E-state index contributed by atoms with van der Waals surface area (Å²) in [7, 11) is 1.72. The number of aromatic nitrogens is 2. The van der Waals surface area contributed by atoms with Crippen LogP contribution in [0.3, 0.4) is 0 Å². The molecular formula is C25H32N4O5. The van der Waals surface area contributed by atoms with Gasteiger partial charge in [0.15, 0.2) is 0 Å². The third-order valence-corrected chi connectivity index (χ3v) is 7.70. The van der Waals surface area contributed by atoms with Crippen molar-refractivity contribution in [3.8, 4) is 0 Å². The van der Waals surface area contributed by atoms with Crippen molar-refractivity contribution in [2.24, 2.45) is 13.0 Å². The Balaban J connectivity index is 1.27. The molecule has 0 bridgehead atoms. The fourth-order valence-electron chi connectivity index (χ4n) is 5.66. The number of piperidine rings is 2. The summed E-state index contributed by atoms with van der Waals surface area (Å²) < 4.78 is 9.44. The number of fused-ring (bicyclic) bond motifs is 1. The van der Waals surface area contributed by atoms with Crippen LogP contribution >= 0.6 is 0 Å². The SMILES string of the molecule is Cn1c(=O)n(C2CCC(=O)NC2=O)c2ccc(N3CCC(O[C@H]4CC[C@H](C=O)CC4)CC3)cc21. The van der Waals surface area contributed by atoms with Crippen molar-refractivity contribution in [1.29, 1.82) is 0 Å². The van der Waals surface area contributed by atoms with Crippen LogP contribution in [0, 0.1) is 5.92 Å². The van der Waals surface area contributed by atoms with E-state index in [9.17, 15) is 19.2 Å². The molecule has 5 rings (SSSR count). The standard InChI is InChI=1S/C25H32N4O5/c1-27-22-14-17(4-7-20(22)29(25(27)33)21-8-9-23(31)26-24(21)32)28-12-10-19(11-13-28)34-18-5-2-16(15-30)3-6-18/h4,7,14-16,18-19,21H,2-3,5-6,8-13H2,1H3,(H,26,31,32)/t16-,18-,21?. The fraction of sp³-hybridized carbons (Fsp3) is 0.600. The molecule has 2 amide bonds. The Morgan fingerprint density at radius 2 is 1.65 bits per heavy atom. The van der Waals surface area contributed by atoms with E-state index in [0.717, 1.165) is 69.1 Å². The molecule has 0 radical (unpaired) electrons. The lowest BCUT2D eigenvalue weighted by molar-refractivity contribution is -0.135. The highest BCUT2D eigenvalue weighted by atomic mass is 16.5. The predicted octanol–water partition coefficient (Wildman–Crippen LogP) is 2.06. The number of aryl methyl sites for hydroxylation is 1. The second-order valence-electron chi connectivity index (χ2n) is 9.85. The van der Waals surface area contributed by atoms with Gasteiger partial charge >= 0.3 is 5.69 Å². The molecule has 3 fully saturated rings. The highest BCUT2D eigenvalue weighted by molar-refractivity contribution is 6.00. The Kier molecular flexibility index (Phi) is 6.29. The van der Waals surface area contributed by atoms with E-state index in [-0.39, 0.29) is 36.1 Å². The predicted molar refractivity (Wildman–Crippen MR) is 127 cm³/mol. The molecule has 1 saturated carbocycles. The van der Waals surface area contributed by atoms with Crippen molar-refractivity contribution >= 4 is 34.8 Å². The number of rotatable bonds is 5. The van der Waals surface area contributed by atoms with Gasteiger partial charge in [-0.25, -0.2) is 4.79 Å². The van der Waals surface area contributed by atoms with E-state index < -0.39 is 11.9 Å². The van der Waals surface area contributed by atoms with Crippen molar-refractivity contribution in [2.45, 2.75) is 69.6 Å². The van der Waals surface area contributed by atoms with Gasteiger partial charge in [0.1, 0.15) is 12.3 Å². The van der Waals surface area contributed by atoms with E-state index in [1.165, 1.54) is 4.57 Å². The summed E-state index contributed by atoms with van der Waals surface area (Å²) in [6, 6.07) is 5.26. The van der Waals surface area contributed by atoms with Crippen LogP contribution in [0.1, 0.15) is 57.4 Å². The highest BCUT2D eigenvalue weighted by Crippen LogP contribution is 2.30. The van der Waals surface area contributed by atoms with Gasteiger partial charge in [0.25, 0.3) is 0 Å². The number of nitrogens with one attached hydrogen (secondary N) is 1. The Bertz CT molecular complexity index is 1150. The maximum absolute atomic E-state index is 13.0. The number of carbonyl (C=O) groups is 3. The molecule has 1 unspecified atom stereocenters. The summed E-state index contributed by atoms with van der Waals surface area (Å²) in [6.07, 6.45) is 7.86. The number of hydrogen-bond acceptors (Lipinski definition) is 6. The number of carbonyl (C=O) groups excluding carboxylic acids is 3. The number of anilines is 1. The van der Waals surface area contributed by atoms with Crippen LogP contribution < -0.4 is 15.9 Å². The molecule has 1 N–H and O–H groups in total. The highest BCUT2D eigenvalue weighted by Gasteiger charge is 2.32. The smallest absolute Gasteiger partial charge is 0.329 e. The maximum atomic E-state index is 13.0. The van der Waals surface area contributed by atoms with E-state index >= 15 is 0 Å². The van der Waals surface area contributed by atoms with Crippen LogP contribution in [0.5, 0.6) is 0 Å². The maximum Gasteiger partial charge on any atom is 0.329 e. The van der Waals surface area contributed by atoms with Crippen molar-refractivity contribution in [3.05, 3.63) is 28.7 Å². The minimum atomic E-state index is -0.672. The van der Waals surface area contributed by atoms with Gasteiger partial charge < -0.3 is 14.4 Å². The van der Waals surface area contributed by atoms with Crippen LogP contribution in [0.2, 0.25) is 0 Å². The quantitative estimate of drug-likeness (QED) is 0.532. The van der Waals surface area contributed by atoms with E-state index in [0.29, 0.717) is 11.9 Å². The number of aldehydes is 1. The summed E-state index contributed by atoms with van der Waals surface area (Å²) in [5.41, 5.74) is 2.28. The lowest BCUT2D eigenvalue weighted by Gasteiger charge is -2.36. The van der Waals surface area contributed by atoms with Crippen LogP contribution in [0.25, 0.3) is 11.0 Å². The summed E-state index contributed by atoms with van der Waals surface area (Å²) >= 11 is 0. The number of ether oxygens (including phenoxy) is 1. The largest absolute Gasteiger partial charge is 0.375 e. The van der Waals surface area contributed by atoms with E-state index in [1.807, 2.05) is 18.2 Å². The molecule has 1 aromatic carbocycles. The third kappa shape index (κ3) is 4.29. The molecule has 2 saturated heterocycles. The van der Waals surface area contributed by atoms with Gasteiger partial charge in [-0.2, -0.15) is 0 Å². The van der Waals surface area contributed by atoms with Gasteiger partial charge in [0, 0.05) is 38.2 Å². The molecule has 0 spiro atoms. The van der Waals surface area contributed by atoms with Gasteiger partial charge in [-0.05, 0) is 63.1 Å². The molecule has 1 aliphatic carbocycles. The molecule has 182 valence electrons. The molecule has 3 heterocycles. The van der Waals surface area contributed by atoms with Crippen LogP contribution in [0.15, 0.2) is 23.0 Å². The lowest BCUT2D eigenvalue weighted by Crippen LogP contribution is -2.44. The Morgan fingerprint density at radius 1 is 0.941 bits per heavy atom. The zero-order valence-electron chi connectivity index (χ0n) is 19.6. The molecule has 2 aliphatic heterocycles. The van der Waals surface area contributed by atoms with Gasteiger partial charge in [-0.1, -0.05) is 0 Å². The second-order valence-corrected chi connectivity index (χ2v) is 9.85. The summed E-state index contributed by atoms with van der Waals surface area (Å²) in [4.78, 5) is 50.2. The normalized spacial score (nSPS) is 26.6. The first-order chi connectivity index (χ1) is 16.4. The Morgan fingerprint density at radius 3 is 2.32 bits per heavy atom. The fourth-order valence-corrected chi connectivity index (χ4v) is 5.66. The number of nitrogens with zero attached hydrogens (tertiary/aromatic N) is 3. The van der Waals surface area contributed by atoms with Gasteiger partial charge in [-0.15, -0.1) is 0 Å². The first-order valence-electron chi connectivity index (χ1n) is 12.3. The molecule has 1 aromatic heterocycles. The lowest BCUT2D eigenvalue weighted by atomic mass is 9.88.